The molecule has 0 radical (unpaired) electrons. The number of pyridine rings is 1. The summed E-state index contributed by atoms with van der Waals surface area (Å²) in [7, 11) is 0. The maximum atomic E-state index is 12.6. The van der Waals surface area contributed by atoms with Gasteiger partial charge in [-0.2, -0.15) is 0 Å². The van der Waals surface area contributed by atoms with E-state index in [4.69, 9.17) is 5.73 Å². The molecule has 0 saturated heterocycles. The van der Waals surface area contributed by atoms with Gasteiger partial charge in [-0.3, -0.25) is 4.79 Å². The molecule has 3 heterocycles. The number of hydrogen-bond acceptors (Lipinski definition) is 5. The van der Waals surface area contributed by atoms with E-state index in [1.165, 1.54) is 11.3 Å². The van der Waals surface area contributed by atoms with E-state index >= 15 is 0 Å². The second kappa shape index (κ2) is 4.92. The Morgan fingerprint density at radius 2 is 2.27 bits per heavy atom. The second-order valence-corrected chi connectivity index (χ2v) is 6.60. The number of nitrogens with zero attached hydrogens (tertiary/aromatic N) is 1. The van der Waals surface area contributed by atoms with Crippen molar-refractivity contribution >= 4 is 44.9 Å². The largest absolute Gasteiger partial charge is 0.347 e. The zero-order chi connectivity index (χ0) is 15.3. The van der Waals surface area contributed by atoms with E-state index in [9.17, 15) is 9.59 Å². The highest BCUT2D eigenvalue weighted by Crippen LogP contribution is 2.41. The van der Waals surface area contributed by atoms with Gasteiger partial charge in [0.15, 0.2) is 0 Å². The van der Waals surface area contributed by atoms with Gasteiger partial charge < -0.3 is 21.7 Å². The zero-order valence-corrected chi connectivity index (χ0v) is 12.5. The first-order chi connectivity index (χ1) is 10.6. The van der Waals surface area contributed by atoms with Gasteiger partial charge in [-0.15, -0.1) is 11.3 Å². The highest BCUT2D eigenvalue weighted by molar-refractivity contribution is 7.21. The number of rotatable bonds is 2. The Hall–Kier alpha value is -2.19. The molecule has 5 N–H and O–H groups in total. The molecule has 4 rings (SSSR count). The Morgan fingerprint density at radius 3 is 3.05 bits per heavy atom. The molecule has 1 saturated carbocycles. The van der Waals surface area contributed by atoms with Crippen LogP contribution in [-0.4, -0.2) is 29.0 Å². The van der Waals surface area contributed by atoms with Crippen LogP contribution in [0.25, 0.3) is 10.2 Å². The number of urea groups is 1. The number of nitrogens with two attached hydrogens (primary N) is 1. The average Bonchev–Trinajstić information content (AvgIpc) is 3.05. The molecule has 114 valence electrons. The van der Waals surface area contributed by atoms with Crippen molar-refractivity contribution in [3.63, 3.8) is 0 Å². The van der Waals surface area contributed by atoms with Crippen LogP contribution < -0.4 is 21.7 Å². The summed E-state index contributed by atoms with van der Waals surface area (Å²) < 4.78 is 0. The van der Waals surface area contributed by atoms with Crippen LogP contribution in [0.3, 0.4) is 0 Å². The van der Waals surface area contributed by atoms with E-state index in [2.05, 4.69) is 20.9 Å². The van der Waals surface area contributed by atoms with Crippen molar-refractivity contribution in [2.75, 3.05) is 10.6 Å². The average molecular weight is 317 g/mol. The fourth-order valence-electron chi connectivity index (χ4n) is 3.08. The lowest BCUT2D eigenvalue weighted by atomic mass is 10.1. The van der Waals surface area contributed by atoms with Gasteiger partial charge in [0, 0.05) is 18.3 Å². The monoisotopic (exact) mass is 317 g/mol. The Bertz CT molecular complexity index is 787. The normalized spacial score (nSPS) is 23.2. The molecule has 0 bridgehead atoms. The molecule has 0 unspecified atom stereocenters. The Morgan fingerprint density at radius 1 is 1.41 bits per heavy atom. The van der Waals surface area contributed by atoms with Crippen molar-refractivity contribution in [3.8, 4) is 0 Å². The third-order valence-electron chi connectivity index (χ3n) is 4.17. The van der Waals surface area contributed by atoms with Gasteiger partial charge in [-0.25, -0.2) is 9.78 Å². The van der Waals surface area contributed by atoms with Gasteiger partial charge in [0.1, 0.15) is 9.71 Å². The molecule has 0 spiro atoms. The predicted molar refractivity (Wildman–Crippen MR) is 85.3 cm³/mol. The lowest BCUT2D eigenvalue weighted by Crippen LogP contribution is -2.44. The molecule has 3 amide bonds. The second-order valence-electron chi connectivity index (χ2n) is 5.60. The number of aromatic nitrogens is 1. The quantitative estimate of drug-likeness (QED) is 0.678. The number of carbonyl (C=O) groups excluding carboxylic acids is 2. The lowest BCUT2D eigenvalue weighted by Gasteiger charge is -2.18. The summed E-state index contributed by atoms with van der Waals surface area (Å²) in [6.45, 7) is 0. The lowest BCUT2D eigenvalue weighted by molar-refractivity contribution is 0.0939. The van der Waals surface area contributed by atoms with Gasteiger partial charge in [0.2, 0.25) is 0 Å². The van der Waals surface area contributed by atoms with Crippen LogP contribution in [0.1, 0.15) is 28.9 Å². The maximum absolute atomic E-state index is 12.6. The first-order valence-corrected chi connectivity index (χ1v) is 8.01. The SMILES string of the molecule is N[C@H]1CCC[C@H]1NC(=O)c1sc2nccc3c2c1NC(=O)N3. The van der Waals surface area contributed by atoms with Gasteiger partial charge in [-0.05, 0) is 25.3 Å². The third kappa shape index (κ3) is 2.03. The van der Waals surface area contributed by atoms with Crippen LogP contribution >= 0.6 is 11.3 Å². The summed E-state index contributed by atoms with van der Waals surface area (Å²) in [6.07, 6.45) is 4.47. The number of nitrogens with one attached hydrogen (secondary N) is 3. The summed E-state index contributed by atoms with van der Waals surface area (Å²) in [5.41, 5.74) is 7.22. The number of hydrogen-bond donors (Lipinski definition) is 4. The van der Waals surface area contributed by atoms with E-state index in [-0.39, 0.29) is 24.0 Å². The van der Waals surface area contributed by atoms with Gasteiger partial charge >= 0.3 is 6.03 Å². The minimum absolute atomic E-state index is 0.000344. The van der Waals surface area contributed by atoms with E-state index in [0.717, 1.165) is 29.5 Å². The molecule has 2 aromatic rings. The van der Waals surface area contributed by atoms with Crippen LogP contribution in [-0.2, 0) is 0 Å². The van der Waals surface area contributed by atoms with Gasteiger partial charge in [0.05, 0.1) is 16.8 Å². The highest BCUT2D eigenvalue weighted by Gasteiger charge is 2.30. The molecule has 1 fully saturated rings. The number of carbonyl (C=O) groups is 2. The Kier molecular flexibility index (Phi) is 3.02. The van der Waals surface area contributed by atoms with Crippen LogP contribution in [0.2, 0.25) is 0 Å². The van der Waals surface area contributed by atoms with Crippen LogP contribution in [0.15, 0.2) is 12.3 Å². The fraction of sp³-hybridized carbons (Fsp3) is 0.357. The van der Waals surface area contributed by atoms with Crippen molar-refractivity contribution in [2.24, 2.45) is 5.73 Å². The highest BCUT2D eigenvalue weighted by atomic mass is 32.1. The molecule has 7 nitrogen and oxygen atoms in total. The third-order valence-corrected chi connectivity index (χ3v) is 5.27. The van der Waals surface area contributed by atoms with Crippen molar-refractivity contribution in [2.45, 2.75) is 31.3 Å². The molecular weight excluding hydrogens is 302 g/mol. The maximum Gasteiger partial charge on any atom is 0.323 e. The summed E-state index contributed by atoms with van der Waals surface area (Å²) >= 11 is 1.28. The predicted octanol–water partition coefficient (Wildman–Crippen LogP) is 1.86. The molecule has 0 aromatic carbocycles. The molecule has 2 aliphatic rings. The molecule has 1 aliphatic carbocycles. The molecule has 8 heteroatoms. The van der Waals surface area contributed by atoms with Crippen molar-refractivity contribution < 1.29 is 9.59 Å². The van der Waals surface area contributed by atoms with Gasteiger partial charge in [0.25, 0.3) is 5.91 Å². The summed E-state index contributed by atoms with van der Waals surface area (Å²) in [4.78, 5) is 29.8. The van der Waals surface area contributed by atoms with E-state index in [0.29, 0.717) is 16.3 Å². The summed E-state index contributed by atoms with van der Waals surface area (Å²) in [5, 5.41) is 9.21. The first kappa shape index (κ1) is 13.5. The van der Waals surface area contributed by atoms with Crippen LogP contribution in [0.5, 0.6) is 0 Å². The minimum Gasteiger partial charge on any atom is -0.347 e. The number of thiophene rings is 1. The molecule has 2 atom stereocenters. The van der Waals surface area contributed by atoms with E-state index < -0.39 is 0 Å². The smallest absolute Gasteiger partial charge is 0.323 e. The van der Waals surface area contributed by atoms with Crippen LogP contribution in [0, 0.1) is 0 Å². The number of amides is 3. The van der Waals surface area contributed by atoms with E-state index in [1.54, 1.807) is 12.3 Å². The van der Waals surface area contributed by atoms with Crippen LogP contribution in [0.4, 0.5) is 16.2 Å². The zero-order valence-electron chi connectivity index (χ0n) is 11.7. The summed E-state index contributed by atoms with van der Waals surface area (Å²) in [6, 6.07) is 1.38. The first-order valence-electron chi connectivity index (χ1n) is 7.19. The summed E-state index contributed by atoms with van der Waals surface area (Å²) in [5.74, 6) is -0.200. The van der Waals surface area contributed by atoms with Crippen molar-refractivity contribution in [3.05, 3.63) is 17.1 Å². The Balaban J connectivity index is 1.73. The Labute approximate surface area is 130 Å². The fourth-order valence-corrected chi connectivity index (χ4v) is 4.10. The standard InChI is InChI=1S/C14H15N5O2S/c15-6-2-1-3-7(6)17-12(20)11-10-9-8(18-14(21)19-10)4-5-16-13(9)22-11/h4-7H,1-3,15H2,(H,17,20)(H2,18,19,21)/t6-,7+/m0/s1. The minimum atomic E-state index is -0.343. The van der Waals surface area contributed by atoms with Gasteiger partial charge in [-0.1, -0.05) is 0 Å². The molecule has 1 aliphatic heterocycles. The number of anilines is 2. The van der Waals surface area contributed by atoms with Crippen molar-refractivity contribution in [1.29, 1.82) is 0 Å². The van der Waals surface area contributed by atoms with Crippen molar-refractivity contribution in [1.82, 2.24) is 10.3 Å². The molecular formula is C14H15N5O2S. The van der Waals surface area contributed by atoms with E-state index in [1.807, 2.05) is 0 Å². The molecule has 22 heavy (non-hydrogen) atoms. The molecule has 2 aromatic heterocycles. The topological polar surface area (TPSA) is 109 Å².